The molecule has 3 heteroatoms. The van der Waals surface area contributed by atoms with Crippen LogP contribution in [0.4, 0.5) is 5.69 Å². The Morgan fingerprint density at radius 3 is 2.88 bits per heavy atom. The van der Waals surface area contributed by atoms with Gasteiger partial charge in [-0.3, -0.25) is 4.98 Å². The molecule has 84 valence electrons. The quantitative estimate of drug-likeness (QED) is 0.620. The molecule has 0 radical (unpaired) electrons. The zero-order chi connectivity index (χ0) is 12.0. The van der Waals surface area contributed by atoms with Crippen molar-refractivity contribution in [2.24, 2.45) is 0 Å². The van der Waals surface area contributed by atoms with Crippen molar-refractivity contribution in [2.45, 2.75) is 27.2 Å². The highest BCUT2D eigenvalue weighted by molar-refractivity contribution is 5.59. The van der Waals surface area contributed by atoms with E-state index < -0.39 is 0 Å². The number of anilines is 1. The number of aryl methyl sites for hydroxylation is 2. The lowest BCUT2D eigenvalue weighted by molar-refractivity contribution is 1.04. The molecule has 1 heterocycles. The molecule has 3 nitrogen and oxygen atoms in total. The number of hydrogen-bond donors (Lipinski definition) is 1. The van der Waals surface area contributed by atoms with Gasteiger partial charge in [0, 0.05) is 12.2 Å². The summed E-state index contributed by atoms with van der Waals surface area (Å²) >= 11 is 0. The van der Waals surface area contributed by atoms with Crippen LogP contribution in [-0.4, -0.2) is 11.5 Å². The van der Waals surface area contributed by atoms with E-state index in [9.17, 15) is 0 Å². The standard InChI is InChI=1S/C13H17N3/c1-4-5-6-7-15-13-8-10(2)16-11(3)12(13)9-14/h4-5,8H,6-7H2,1-3H3,(H,15,16)/b5-4+. The maximum Gasteiger partial charge on any atom is 0.103 e. The van der Waals surface area contributed by atoms with Gasteiger partial charge in [-0.15, -0.1) is 0 Å². The molecule has 0 unspecified atom stereocenters. The predicted molar refractivity (Wildman–Crippen MR) is 66.3 cm³/mol. The van der Waals surface area contributed by atoms with Gasteiger partial charge in [0.05, 0.1) is 16.9 Å². The van der Waals surface area contributed by atoms with Crippen molar-refractivity contribution in [1.29, 1.82) is 5.26 Å². The summed E-state index contributed by atoms with van der Waals surface area (Å²) in [5, 5.41) is 12.3. The second kappa shape index (κ2) is 5.92. The zero-order valence-corrected chi connectivity index (χ0v) is 10.0. The molecule has 0 bridgehead atoms. The third kappa shape index (κ3) is 3.09. The van der Waals surface area contributed by atoms with Crippen molar-refractivity contribution in [3.05, 3.63) is 35.2 Å². The largest absolute Gasteiger partial charge is 0.384 e. The van der Waals surface area contributed by atoms with Gasteiger partial charge < -0.3 is 5.32 Å². The molecule has 1 N–H and O–H groups in total. The molecule has 0 saturated heterocycles. The third-order valence-electron chi connectivity index (χ3n) is 2.30. The van der Waals surface area contributed by atoms with Gasteiger partial charge in [0.1, 0.15) is 6.07 Å². The monoisotopic (exact) mass is 215 g/mol. The molecule has 16 heavy (non-hydrogen) atoms. The zero-order valence-electron chi connectivity index (χ0n) is 10.0. The summed E-state index contributed by atoms with van der Waals surface area (Å²) in [6.45, 7) is 6.64. The van der Waals surface area contributed by atoms with Gasteiger partial charge in [-0.2, -0.15) is 5.26 Å². The minimum atomic E-state index is 0.645. The van der Waals surface area contributed by atoms with Crippen LogP contribution in [0, 0.1) is 25.2 Å². The molecule has 0 aliphatic carbocycles. The summed E-state index contributed by atoms with van der Waals surface area (Å²) in [5.74, 6) is 0. The Hall–Kier alpha value is -1.82. The van der Waals surface area contributed by atoms with Gasteiger partial charge in [-0.05, 0) is 33.3 Å². The number of nitrogens with zero attached hydrogens (tertiary/aromatic N) is 2. The molecule has 1 aromatic heterocycles. The van der Waals surface area contributed by atoms with Crippen LogP contribution in [0.2, 0.25) is 0 Å². The van der Waals surface area contributed by atoms with Crippen molar-refractivity contribution in [3.63, 3.8) is 0 Å². The molecule has 0 aliphatic rings. The highest BCUT2D eigenvalue weighted by Gasteiger charge is 2.06. The highest BCUT2D eigenvalue weighted by Crippen LogP contribution is 2.18. The van der Waals surface area contributed by atoms with Gasteiger partial charge >= 0.3 is 0 Å². The van der Waals surface area contributed by atoms with Gasteiger partial charge in [0.15, 0.2) is 0 Å². The van der Waals surface area contributed by atoms with Gasteiger partial charge in [-0.1, -0.05) is 12.2 Å². The molecule has 0 aromatic carbocycles. The molecule has 1 aromatic rings. The minimum Gasteiger partial charge on any atom is -0.384 e. The first-order valence-corrected chi connectivity index (χ1v) is 5.42. The SMILES string of the molecule is C/C=C/CCNc1cc(C)nc(C)c1C#N. The number of hydrogen-bond acceptors (Lipinski definition) is 3. The van der Waals surface area contributed by atoms with E-state index in [1.807, 2.05) is 32.9 Å². The molecule has 0 atom stereocenters. The van der Waals surface area contributed by atoms with Crippen LogP contribution in [0.1, 0.15) is 30.3 Å². The Kier molecular flexibility index (Phi) is 4.53. The minimum absolute atomic E-state index is 0.645. The van der Waals surface area contributed by atoms with E-state index in [0.717, 1.165) is 30.0 Å². The Bertz CT molecular complexity index is 428. The summed E-state index contributed by atoms with van der Waals surface area (Å²) in [7, 11) is 0. The van der Waals surface area contributed by atoms with Crippen molar-refractivity contribution < 1.29 is 0 Å². The third-order valence-corrected chi connectivity index (χ3v) is 2.30. The molecular formula is C13H17N3. The van der Waals surface area contributed by atoms with Crippen LogP contribution in [-0.2, 0) is 0 Å². The van der Waals surface area contributed by atoms with Crippen LogP contribution in [0.25, 0.3) is 0 Å². The fraction of sp³-hybridized carbons (Fsp3) is 0.385. The first-order valence-electron chi connectivity index (χ1n) is 5.42. The van der Waals surface area contributed by atoms with E-state index in [2.05, 4.69) is 22.4 Å². The first kappa shape index (κ1) is 12.3. The summed E-state index contributed by atoms with van der Waals surface area (Å²) in [6.07, 6.45) is 5.08. The predicted octanol–water partition coefficient (Wildman–Crippen LogP) is 2.95. The number of nitrogens with one attached hydrogen (secondary N) is 1. The van der Waals surface area contributed by atoms with Crippen molar-refractivity contribution in [3.8, 4) is 6.07 Å². The molecule has 0 saturated carbocycles. The Morgan fingerprint density at radius 1 is 1.50 bits per heavy atom. The molecule has 0 aliphatic heterocycles. The lowest BCUT2D eigenvalue weighted by Crippen LogP contribution is -2.05. The molecule has 0 spiro atoms. The van der Waals surface area contributed by atoms with Gasteiger partial charge in [0.2, 0.25) is 0 Å². The van der Waals surface area contributed by atoms with E-state index in [-0.39, 0.29) is 0 Å². The van der Waals surface area contributed by atoms with E-state index in [0.29, 0.717) is 5.56 Å². The molecular weight excluding hydrogens is 198 g/mol. The number of aromatic nitrogens is 1. The van der Waals surface area contributed by atoms with Gasteiger partial charge in [0.25, 0.3) is 0 Å². The summed E-state index contributed by atoms with van der Waals surface area (Å²) in [5.41, 5.74) is 3.25. The molecule has 1 rings (SSSR count). The number of rotatable bonds is 4. The molecule has 0 fully saturated rings. The highest BCUT2D eigenvalue weighted by atomic mass is 14.9. The first-order chi connectivity index (χ1) is 7.69. The van der Waals surface area contributed by atoms with Crippen LogP contribution in [0.3, 0.4) is 0 Å². The molecule has 0 amide bonds. The Labute approximate surface area is 96.8 Å². The van der Waals surface area contributed by atoms with Crippen molar-refractivity contribution >= 4 is 5.69 Å². The van der Waals surface area contributed by atoms with Gasteiger partial charge in [-0.25, -0.2) is 0 Å². The second-order valence-corrected chi connectivity index (χ2v) is 3.67. The van der Waals surface area contributed by atoms with E-state index >= 15 is 0 Å². The summed E-state index contributed by atoms with van der Waals surface area (Å²) in [4.78, 5) is 4.27. The lowest BCUT2D eigenvalue weighted by atomic mass is 10.1. The Balaban J connectivity index is 2.82. The number of pyridine rings is 1. The Morgan fingerprint density at radius 2 is 2.25 bits per heavy atom. The topological polar surface area (TPSA) is 48.7 Å². The number of allylic oxidation sites excluding steroid dienone is 1. The second-order valence-electron chi connectivity index (χ2n) is 3.67. The fourth-order valence-electron chi connectivity index (χ4n) is 1.57. The van der Waals surface area contributed by atoms with E-state index in [1.54, 1.807) is 0 Å². The normalized spacial score (nSPS) is 10.4. The van der Waals surface area contributed by atoms with Crippen molar-refractivity contribution in [1.82, 2.24) is 4.98 Å². The maximum atomic E-state index is 9.05. The lowest BCUT2D eigenvalue weighted by Gasteiger charge is -2.09. The van der Waals surface area contributed by atoms with Crippen molar-refractivity contribution in [2.75, 3.05) is 11.9 Å². The smallest absolute Gasteiger partial charge is 0.103 e. The van der Waals surface area contributed by atoms with Crippen LogP contribution in [0.15, 0.2) is 18.2 Å². The van der Waals surface area contributed by atoms with Crippen LogP contribution in [0.5, 0.6) is 0 Å². The average molecular weight is 215 g/mol. The average Bonchev–Trinajstić information content (AvgIpc) is 2.24. The summed E-state index contributed by atoms with van der Waals surface area (Å²) < 4.78 is 0. The van der Waals surface area contributed by atoms with Crippen LogP contribution < -0.4 is 5.32 Å². The van der Waals surface area contributed by atoms with E-state index in [1.165, 1.54) is 0 Å². The van der Waals surface area contributed by atoms with E-state index in [4.69, 9.17) is 5.26 Å². The maximum absolute atomic E-state index is 9.05. The number of nitriles is 1. The summed E-state index contributed by atoms with van der Waals surface area (Å²) in [6, 6.07) is 4.11. The van der Waals surface area contributed by atoms with Crippen LogP contribution >= 0.6 is 0 Å². The fourth-order valence-corrected chi connectivity index (χ4v) is 1.57.